The summed E-state index contributed by atoms with van der Waals surface area (Å²) in [4.78, 5) is 0. The molecule has 0 spiro atoms. The molecule has 0 N–H and O–H groups in total. The molecule has 0 radical (unpaired) electrons. The fraction of sp³-hybridized carbons (Fsp3) is 0.900. The molecule has 72 valence electrons. The first-order valence-corrected chi connectivity index (χ1v) is 6.58. The van der Waals surface area contributed by atoms with Gasteiger partial charge in [-0.15, -0.1) is 10.7 Å². The summed E-state index contributed by atoms with van der Waals surface area (Å²) in [6, 6.07) is 0.845. The molecule has 12 heavy (non-hydrogen) atoms. The zero-order chi connectivity index (χ0) is 8.97. The Balaban J connectivity index is 2.43. The van der Waals surface area contributed by atoms with Crippen molar-refractivity contribution in [3.05, 3.63) is 0 Å². The lowest BCUT2D eigenvalue weighted by atomic mass is 10.2. The van der Waals surface area contributed by atoms with Gasteiger partial charge in [-0.3, -0.25) is 4.31 Å². The molecule has 0 aliphatic carbocycles. The lowest BCUT2D eigenvalue weighted by molar-refractivity contribution is 0.424. The minimum absolute atomic E-state index is 0.308. The van der Waals surface area contributed by atoms with Crippen LogP contribution in [0.5, 0.6) is 0 Å². The van der Waals surface area contributed by atoms with Crippen LogP contribution in [-0.2, 0) is 0 Å². The molecule has 0 bridgehead atoms. The molecular formula is C10H21NS. The van der Waals surface area contributed by atoms with E-state index in [4.69, 9.17) is 0 Å². The zero-order valence-corrected chi connectivity index (χ0v) is 9.20. The maximum Gasteiger partial charge on any atom is 0.0195 e. The normalized spacial score (nSPS) is 27.7. The third-order valence-corrected chi connectivity index (χ3v) is 4.59. The van der Waals surface area contributed by atoms with Crippen molar-refractivity contribution in [1.82, 2.24) is 4.31 Å². The number of hydrogen-bond donors (Lipinski definition) is 0. The fourth-order valence-corrected chi connectivity index (χ4v) is 3.68. The molecule has 1 aliphatic heterocycles. The summed E-state index contributed by atoms with van der Waals surface area (Å²) in [6.45, 7) is 5.85. The van der Waals surface area contributed by atoms with Gasteiger partial charge in [0.15, 0.2) is 0 Å². The van der Waals surface area contributed by atoms with Gasteiger partial charge in [0, 0.05) is 18.3 Å². The Kier molecular flexibility index (Phi) is 4.30. The first kappa shape index (κ1) is 10.3. The van der Waals surface area contributed by atoms with Gasteiger partial charge in [-0.25, -0.2) is 0 Å². The second kappa shape index (κ2) is 5.03. The van der Waals surface area contributed by atoms with E-state index in [0.717, 1.165) is 6.04 Å². The molecule has 1 fully saturated rings. The number of nitrogens with zero attached hydrogens (tertiary/aromatic N) is 1. The summed E-state index contributed by atoms with van der Waals surface area (Å²) in [5, 5.41) is 0. The number of hydrogen-bond acceptors (Lipinski definition) is 1. The molecule has 1 nitrogen and oxygen atoms in total. The lowest BCUT2D eigenvalue weighted by Gasteiger charge is -2.26. The van der Waals surface area contributed by atoms with Crippen LogP contribution < -0.4 is 0 Å². The first-order valence-electron chi connectivity index (χ1n) is 5.07. The van der Waals surface area contributed by atoms with Crippen molar-refractivity contribution in [2.75, 3.05) is 12.3 Å². The Bertz CT molecular complexity index is 156. The van der Waals surface area contributed by atoms with E-state index >= 15 is 0 Å². The van der Waals surface area contributed by atoms with Crippen molar-refractivity contribution in [2.45, 2.75) is 45.6 Å². The topological polar surface area (TPSA) is 3.24 Å². The summed E-state index contributed by atoms with van der Waals surface area (Å²) in [6.07, 6.45) is 5.38. The predicted octanol–water partition coefficient (Wildman–Crippen LogP) is 2.89. The minimum Gasteiger partial charge on any atom is -0.253 e. The van der Waals surface area contributed by atoms with Crippen LogP contribution in [0.2, 0.25) is 0 Å². The SMILES string of the molecule is C=S(CCC)N1CCCC1CC. The van der Waals surface area contributed by atoms with Gasteiger partial charge in [-0.2, -0.15) is 0 Å². The molecule has 1 heterocycles. The molecule has 2 heteroatoms. The Morgan fingerprint density at radius 3 is 2.83 bits per heavy atom. The van der Waals surface area contributed by atoms with Crippen LogP contribution >= 0.6 is 10.7 Å². The maximum absolute atomic E-state index is 4.26. The van der Waals surface area contributed by atoms with Crippen LogP contribution in [0.15, 0.2) is 0 Å². The van der Waals surface area contributed by atoms with Crippen molar-refractivity contribution < 1.29 is 0 Å². The molecule has 0 saturated carbocycles. The highest BCUT2D eigenvalue weighted by molar-refractivity contribution is 8.12. The maximum atomic E-state index is 4.26. The standard InChI is InChI=1S/C10H21NS/c1-4-9-12(3)11-8-6-7-10(11)5-2/h10H,3-9H2,1-2H3. The summed E-state index contributed by atoms with van der Waals surface area (Å²) in [5.41, 5.74) is 0. The molecule has 1 aliphatic rings. The molecule has 2 unspecified atom stereocenters. The van der Waals surface area contributed by atoms with E-state index in [2.05, 4.69) is 24.0 Å². The molecule has 0 aromatic heterocycles. The van der Waals surface area contributed by atoms with E-state index in [9.17, 15) is 0 Å². The Hall–Kier alpha value is 0.180. The molecule has 0 aromatic carbocycles. The largest absolute Gasteiger partial charge is 0.253 e. The molecule has 0 aromatic rings. The smallest absolute Gasteiger partial charge is 0.0195 e. The highest BCUT2D eigenvalue weighted by Crippen LogP contribution is 2.30. The summed E-state index contributed by atoms with van der Waals surface area (Å²) < 4.78 is 2.63. The second-order valence-corrected chi connectivity index (χ2v) is 5.31. The highest BCUT2D eigenvalue weighted by Gasteiger charge is 2.23. The van der Waals surface area contributed by atoms with Crippen molar-refractivity contribution in [1.29, 1.82) is 0 Å². The van der Waals surface area contributed by atoms with E-state index in [1.54, 1.807) is 0 Å². The van der Waals surface area contributed by atoms with Crippen molar-refractivity contribution in [3.63, 3.8) is 0 Å². The Morgan fingerprint density at radius 1 is 1.50 bits per heavy atom. The predicted molar refractivity (Wildman–Crippen MR) is 59.9 cm³/mol. The molecule has 1 saturated heterocycles. The van der Waals surface area contributed by atoms with Crippen molar-refractivity contribution in [3.8, 4) is 0 Å². The highest BCUT2D eigenvalue weighted by atomic mass is 32.2. The second-order valence-electron chi connectivity index (χ2n) is 3.51. The van der Waals surface area contributed by atoms with E-state index in [-0.39, 0.29) is 0 Å². The molecule has 0 amide bonds. The summed E-state index contributed by atoms with van der Waals surface area (Å²) >= 11 is 0. The van der Waals surface area contributed by atoms with Gasteiger partial charge in [0.05, 0.1) is 0 Å². The van der Waals surface area contributed by atoms with Crippen molar-refractivity contribution in [2.24, 2.45) is 0 Å². The van der Waals surface area contributed by atoms with Crippen LogP contribution in [0.1, 0.15) is 39.5 Å². The monoisotopic (exact) mass is 187 g/mol. The van der Waals surface area contributed by atoms with Crippen LogP contribution in [0.3, 0.4) is 0 Å². The van der Waals surface area contributed by atoms with E-state index in [0.29, 0.717) is 10.7 Å². The molecular weight excluding hydrogens is 166 g/mol. The zero-order valence-electron chi connectivity index (χ0n) is 8.38. The van der Waals surface area contributed by atoms with E-state index in [1.807, 2.05) is 0 Å². The van der Waals surface area contributed by atoms with E-state index in [1.165, 1.54) is 38.0 Å². The Labute approximate surface area is 79.2 Å². The Morgan fingerprint density at radius 2 is 2.25 bits per heavy atom. The van der Waals surface area contributed by atoms with Crippen LogP contribution in [0.25, 0.3) is 0 Å². The van der Waals surface area contributed by atoms with Crippen LogP contribution in [0.4, 0.5) is 0 Å². The number of rotatable bonds is 4. The van der Waals surface area contributed by atoms with E-state index < -0.39 is 0 Å². The van der Waals surface area contributed by atoms with Crippen LogP contribution in [0, 0.1) is 0 Å². The van der Waals surface area contributed by atoms with Gasteiger partial charge in [0.25, 0.3) is 0 Å². The van der Waals surface area contributed by atoms with Gasteiger partial charge in [-0.1, -0.05) is 19.7 Å². The quantitative estimate of drug-likeness (QED) is 0.612. The minimum atomic E-state index is 0.308. The van der Waals surface area contributed by atoms with Crippen molar-refractivity contribution >= 4 is 16.5 Å². The van der Waals surface area contributed by atoms with Gasteiger partial charge >= 0.3 is 0 Å². The lowest BCUT2D eigenvalue weighted by Crippen LogP contribution is -2.23. The van der Waals surface area contributed by atoms with Gasteiger partial charge in [0.1, 0.15) is 0 Å². The summed E-state index contributed by atoms with van der Waals surface area (Å²) in [7, 11) is 0.308. The third-order valence-electron chi connectivity index (χ3n) is 2.57. The molecule has 1 rings (SSSR count). The summed E-state index contributed by atoms with van der Waals surface area (Å²) in [5.74, 6) is 5.55. The average Bonchev–Trinajstić information content (AvgIpc) is 2.51. The van der Waals surface area contributed by atoms with Crippen LogP contribution in [-0.4, -0.2) is 28.5 Å². The fourth-order valence-electron chi connectivity index (χ4n) is 1.91. The third kappa shape index (κ3) is 2.33. The van der Waals surface area contributed by atoms with Gasteiger partial charge < -0.3 is 0 Å². The average molecular weight is 187 g/mol. The first-order chi connectivity index (χ1) is 5.79. The van der Waals surface area contributed by atoms with Gasteiger partial charge in [-0.05, 0) is 25.7 Å². The van der Waals surface area contributed by atoms with Gasteiger partial charge in [0.2, 0.25) is 0 Å². The molecule has 2 atom stereocenters.